The monoisotopic (exact) mass is 322 g/mol. The van der Waals surface area contributed by atoms with Crippen molar-refractivity contribution in [3.05, 3.63) is 21.7 Å². The molecular weight excluding hydrogens is 308 g/mol. The number of nitrogens with zero attached hydrogens (tertiary/aromatic N) is 2. The molecule has 0 radical (unpaired) electrons. The van der Waals surface area contributed by atoms with Crippen molar-refractivity contribution >= 4 is 40.0 Å². The van der Waals surface area contributed by atoms with Gasteiger partial charge in [-0.15, -0.1) is 11.3 Å². The largest absolute Gasteiger partial charge is 0.320 e. The lowest BCUT2D eigenvalue weighted by Crippen LogP contribution is -2.31. The van der Waals surface area contributed by atoms with Gasteiger partial charge in [0.2, 0.25) is 11.8 Å². The van der Waals surface area contributed by atoms with Crippen molar-refractivity contribution in [3.63, 3.8) is 0 Å². The summed E-state index contributed by atoms with van der Waals surface area (Å²) in [5.41, 5.74) is 1.38. The Morgan fingerprint density at radius 2 is 2.48 bits per heavy atom. The molecule has 2 N–H and O–H groups in total. The second kappa shape index (κ2) is 6.74. The van der Waals surface area contributed by atoms with Gasteiger partial charge in [0, 0.05) is 17.7 Å². The highest BCUT2D eigenvalue weighted by molar-refractivity contribution is 8.03. The predicted molar refractivity (Wildman–Crippen MR) is 82.5 cm³/mol. The van der Waals surface area contributed by atoms with Gasteiger partial charge < -0.3 is 10.6 Å². The number of anilines is 1. The number of aromatic nitrogens is 1. The lowest BCUT2D eigenvalue weighted by Gasteiger charge is -2.21. The molecule has 0 aromatic carbocycles. The Kier molecular flexibility index (Phi) is 4.98. The van der Waals surface area contributed by atoms with Gasteiger partial charge in [-0.2, -0.15) is 5.26 Å². The number of thiazole rings is 1. The van der Waals surface area contributed by atoms with Crippen LogP contribution in [0.4, 0.5) is 5.13 Å². The summed E-state index contributed by atoms with van der Waals surface area (Å²) in [6.45, 7) is 3.68. The minimum Gasteiger partial charge on any atom is -0.320 e. The fourth-order valence-electron chi connectivity index (χ4n) is 1.83. The molecule has 1 aliphatic heterocycles. The van der Waals surface area contributed by atoms with E-state index < -0.39 is 0 Å². The highest BCUT2D eigenvalue weighted by atomic mass is 32.2. The number of carbonyl (C=O) groups is 2. The van der Waals surface area contributed by atoms with Crippen molar-refractivity contribution < 1.29 is 9.59 Å². The van der Waals surface area contributed by atoms with Crippen molar-refractivity contribution in [2.75, 3.05) is 11.1 Å². The van der Waals surface area contributed by atoms with Crippen molar-refractivity contribution in [1.29, 1.82) is 5.26 Å². The number of nitriles is 1. The first-order valence-corrected chi connectivity index (χ1v) is 8.15. The Bertz CT molecular complexity index is 645. The fourth-order valence-corrected chi connectivity index (χ4v) is 3.47. The SMILES string of the molecule is Cc1csc(NC(=O)CSC2=C(C#N)C(C)CC(=O)N2)n1. The number of carbonyl (C=O) groups excluding carboxylic acids is 2. The molecule has 1 aromatic heterocycles. The van der Waals surface area contributed by atoms with Crippen LogP contribution in [0.5, 0.6) is 0 Å². The van der Waals surface area contributed by atoms with E-state index >= 15 is 0 Å². The quantitative estimate of drug-likeness (QED) is 0.884. The topological polar surface area (TPSA) is 94.9 Å². The number of nitrogens with one attached hydrogen (secondary N) is 2. The van der Waals surface area contributed by atoms with Crippen LogP contribution < -0.4 is 10.6 Å². The highest BCUT2D eigenvalue weighted by Gasteiger charge is 2.25. The fraction of sp³-hybridized carbons (Fsp3) is 0.385. The number of allylic oxidation sites excluding steroid dienone is 1. The Morgan fingerprint density at radius 3 is 3.10 bits per heavy atom. The van der Waals surface area contributed by atoms with Gasteiger partial charge in [0.15, 0.2) is 5.13 Å². The molecule has 6 nitrogen and oxygen atoms in total. The van der Waals surface area contributed by atoms with Gasteiger partial charge in [-0.25, -0.2) is 4.98 Å². The zero-order valence-corrected chi connectivity index (χ0v) is 13.2. The smallest absolute Gasteiger partial charge is 0.236 e. The zero-order valence-electron chi connectivity index (χ0n) is 11.6. The van der Waals surface area contributed by atoms with Crippen LogP contribution in [0.25, 0.3) is 0 Å². The van der Waals surface area contributed by atoms with Gasteiger partial charge in [-0.05, 0) is 6.92 Å². The van der Waals surface area contributed by atoms with E-state index in [9.17, 15) is 9.59 Å². The maximum absolute atomic E-state index is 11.8. The summed E-state index contributed by atoms with van der Waals surface area (Å²) in [5, 5.41) is 17.4. The minimum atomic E-state index is -0.216. The van der Waals surface area contributed by atoms with Gasteiger partial charge >= 0.3 is 0 Å². The van der Waals surface area contributed by atoms with Crippen LogP contribution in [0.1, 0.15) is 19.0 Å². The maximum atomic E-state index is 11.8. The summed E-state index contributed by atoms with van der Waals surface area (Å²) < 4.78 is 0. The molecule has 2 rings (SSSR count). The molecule has 21 heavy (non-hydrogen) atoms. The molecule has 0 saturated heterocycles. The molecule has 1 aliphatic rings. The normalized spacial score (nSPS) is 18.1. The van der Waals surface area contributed by atoms with Crippen molar-refractivity contribution in [2.45, 2.75) is 20.3 Å². The summed E-state index contributed by atoms with van der Waals surface area (Å²) in [6, 6.07) is 2.10. The number of rotatable bonds is 4. The molecule has 2 amide bonds. The second-order valence-electron chi connectivity index (χ2n) is 4.64. The van der Waals surface area contributed by atoms with Crippen LogP contribution in [-0.4, -0.2) is 22.6 Å². The first-order valence-electron chi connectivity index (χ1n) is 6.28. The lowest BCUT2D eigenvalue weighted by atomic mass is 9.96. The molecule has 110 valence electrons. The molecule has 0 spiro atoms. The van der Waals surface area contributed by atoms with Gasteiger partial charge in [0.25, 0.3) is 0 Å². The average molecular weight is 322 g/mol. The van der Waals surface area contributed by atoms with E-state index in [-0.39, 0.29) is 23.5 Å². The van der Waals surface area contributed by atoms with Crippen LogP contribution in [-0.2, 0) is 9.59 Å². The van der Waals surface area contributed by atoms with E-state index in [0.29, 0.717) is 22.2 Å². The molecule has 0 bridgehead atoms. The van der Waals surface area contributed by atoms with Gasteiger partial charge in [-0.1, -0.05) is 18.7 Å². The van der Waals surface area contributed by atoms with Crippen LogP contribution >= 0.6 is 23.1 Å². The highest BCUT2D eigenvalue weighted by Crippen LogP contribution is 2.28. The lowest BCUT2D eigenvalue weighted by molar-refractivity contribution is -0.121. The third-order valence-electron chi connectivity index (χ3n) is 2.82. The third-order valence-corrected chi connectivity index (χ3v) is 4.71. The van der Waals surface area contributed by atoms with E-state index in [4.69, 9.17) is 5.26 Å². The minimum absolute atomic E-state index is 0.115. The number of aryl methyl sites for hydroxylation is 1. The average Bonchev–Trinajstić information content (AvgIpc) is 2.81. The summed E-state index contributed by atoms with van der Waals surface area (Å²) in [7, 11) is 0. The predicted octanol–water partition coefficient (Wildman–Crippen LogP) is 2.01. The van der Waals surface area contributed by atoms with E-state index in [2.05, 4.69) is 21.7 Å². The second-order valence-corrected chi connectivity index (χ2v) is 6.48. The van der Waals surface area contributed by atoms with Crippen LogP contribution in [0.3, 0.4) is 0 Å². The van der Waals surface area contributed by atoms with Crippen molar-refractivity contribution in [3.8, 4) is 6.07 Å². The molecule has 0 saturated carbocycles. The number of hydrogen-bond donors (Lipinski definition) is 2. The summed E-state index contributed by atoms with van der Waals surface area (Å²) in [5.74, 6) is -0.339. The summed E-state index contributed by atoms with van der Waals surface area (Å²) in [4.78, 5) is 27.5. The molecule has 0 aliphatic carbocycles. The molecule has 1 atom stereocenters. The van der Waals surface area contributed by atoms with Crippen LogP contribution in [0.2, 0.25) is 0 Å². The van der Waals surface area contributed by atoms with E-state index in [1.54, 1.807) is 0 Å². The van der Waals surface area contributed by atoms with Gasteiger partial charge in [-0.3, -0.25) is 9.59 Å². The standard InChI is InChI=1S/C13H14N4O2S2/c1-7-3-10(18)16-12(9(7)4-14)20-6-11(19)17-13-15-8(2)5-21-13/h5,7H,3,6H2,1-2H3,(H,16,18)(H,15,17,19). The summed E-state index contributed by atoms with van der Waals surface area (Å²) in [6.07, 6.45) is 0.303. The van der Waals surface area contributed by atoms with E-state index in [1.165, 1.54) is 11.3 Å². The molecule has 8 heteroatoms. The number of amides is 2. The van der Waals surface area contributed by atoms with Crippen LogP contribution in [0.15, 0.2) is 16.0 Å². The Hall–Kier alpha value is -1.85. The Balaban J connectivity index is 1.96. The Labute approximate surface area is 130 Å². The first-order chi connectivity index (χ1) is 9.99. The van der Waals surface area contributed by atoms with Gasteiger partial charge in [0.05, 0.1) is 28.1 Å². The molecule has 2 heterocycles. The summed E-state index contributed by atoms with van der Waals surface area (Å²) >= 11 is 2.52. The Morgan fingerprint density at radius 1 is 1.71 bits per heavy atom. The van der Waals surface area contributed by atoms with E-state index in [0.717, 1.165) is 17.5 Å². The number of thioether (sulfide) groups is 1. The van der Waals surface area contributed by atoms with Gasteiger partial charge in [0.1, 0.15) is 0 Å². The van der Waals surface area contributed by atoms with Crippen molar-refractivity contribution in [2.24, 2.45) is 5.92 Å². The van der Waals surface area contributed by atoms with Crippen LogP contribution in [0, 0.1) is 24.2 Å². The third kappa shape index (κ3) is 4.06. The first kappa shape index (κ1) is 15.5. The van der Waals surface area contributed by atoms with Crippen molar-refractivity contribution in [1.82, 2.24) is 10.3 Å². The molecule has 1 unspecified atom stereocenters. The molecule has 1 aromatic rings. The van der Waals surface area contributed by atoms with E-state index in [1.807, 2.05) is 19.2 Å². The number of hydrogen-bond acceptors (Lipinski definition) is 6. The maximum Gasteiger partial charge on any atom is 0.236 e. The molecule has 0 fully saturated rings. The molecular formula is C13H14N4O2S2. The zero-order chi connectivity index (χ0) is 15.4.